The summed E-state index contributed by atoms with van der Waals surface area (Å²) in [6, 6.07) is 0. The van der Waals surface area contributed by atoms with Crippen molar-refractivity contribution in [2.75, 3.05) is 0 Å². The van der Waals surface area contributed by atoms with E-state index in [4.69, 9.17) is 22.0 Å². The average molecular weight is 989 g/mol. The van der Waals surface area contributed by atoms with Crippen LogP contribution in [0.15, 0.2) is 0 Å². The molecule has 1 heterocycles. The van der Waals surface area contributed by atoms with Crippen LogP contribution >= 0.6 is 39.5 Å². The zero-order chi connectivity index (χ0) is 35.2. The molecule has 0 aromatic rings. The molecule has 25 nitrogen and oxygen atoms in total. The van der Waals surface area contributed by atoms with Crippen LogP contribution in [0.1, 0.15) is 0 Å². The second-order valence-electron chi connectivity index (χ2n) is 1.93. The van der Waals surface area contributed by atoms with Gasteiger partial charge in [0, 0.05) is 0 Å². The minimum absolute atomic E-state index is 0. The fourth-order valence-electron chi connectivity index (χ4n) is 0.359. The summed E-state index contributed by atoms with van der Waals surface area (Å²) in [7, 11) is -17.5. The number of carbonyl (C=O) groups is 1. The molecule has 1 saturated heterocycles. The van der Waals surface area contributed by atoms with Gasteiger partial charge in [-0.1, -0.05) is 0 Å². The van der Waals surface area contributed by atoms with E-state index in [2.05, 4.69) is 17.7 Å². The Kier molecular flexibility index (Phi) is 231. The Balaban J connectivity index is -0.0000000184. The first-order valence-corrected chi connectivity index (χ1v) is 20.0. The molecule has 0 atom stereocenters. The summed E-state index contributed by atoms with van der Waals surface area (Å²) in [5, 5.41) is 0. The Morgan fingerprint density at radius 1 is 0.524 bits per heavy atom. The minimum atomic E-state index is -4.05. The van der Waals surface area contributed by atoms with Crippen molar-refractivity contribution in [2.24, 2.45) is 0 Å². The van der Waals surface area contributed by atoms with Gasteiger partial charge in [-0.15, -0.1) is 8.51 Å². The SMILES string of the molecule is O=C1OP(=O)(OP(=O)=O)O1.O=P(=O)F.O=P(=O)OP(=O)=O.[Ca+2].[OH-].[OH-].[O]=[Ca].[O]=[Ca].[O]=[Ca].[O]=[Ca].[O]=[Ca].[O]=[Ca].[O]=[Ca].[O]=[Ca].[O]=[Ca]. The molecule has 1 rings (SSSR count). The molecule has 0 aromatic carbocycles. The number of hydrogen-bond acceptors (Lipinski definition) is 25. The third kappa shape index (κ3) is 143. The number of phosphoric acid groups is 1. The first-order valence-electron chi connectivity index (χ1n) is 6.12. The maximum atomic E-state index is 10.4. The van der Waals surface area contributed by atoms with Crippen molar-refractivity contribution < 1.29 is 91.6 Å². The third-order valence-corrected chi connectivity index (χ3v) is 3.82. The molecule has 0 aromatic heterocycles. The molecule has 208 valence electrons. The summed E-state index contributed by atoms with van der Waals surface area (Å²) >= 11 is 1.12. The molecule has 0 unspecified atom stereocenters. The Labute approximate surface area is 482 Å². The molecule has 1 fully saturated rings. The van der Waals surface area contributed by atoms with E-state index in [1.54, 1.807) is 0 Å². The topological polar surface area (TPSA) is 421 Å². The molecule has 0 radical (unpaired) electrons. The van der Waals surface area contributed by atoms with Gasteiger partial charge in [0.05, 0.1) is 0 Å². The van der Waals surface area contributed by atoms with Crippen molar-refractivity contribution in [3.63, 3.8) is 0 Å². The standard InChI is InChI=1S/CO7P2.10Ca.FO2P.O5P2.2H2O.9O/c2-1-6-10(5,7-1)8-9(3)4;;;;;;;;;;;1-4(2)3;1-6(2)5-7(3)4;;;;;;;;;;;/h;;;;;;;;;;;;;2*1H2;;;;;;;;;/q;;;;;;;;;;+2;;;;;;;;;;;;;/p-2. The summed E-state index contributed by atoms with van der Waals surface area (Å²) in [6.07, 6.45) is -1.21. The molecule has 41 heteroatoms. The van der Waals surface area contributed by atoms with E-state index < -0.39 is 45.7 Å². The van der Waals surface area contributed by atoms with Crippen LogP contribution in [-0.4, -0.2) is 378 Å². The molecular weight excluding hydrogens is 987 g/mol. The van der Waals surface area contributed by atoms with Crippen molar-refractivity contribution in [3.05, 3.63) is 0 Å². The van der Waals surface area contributed by atoms with Crippen molar-refractivity contribution in [2.45, 2.75) is 0 Å². The fraction of sp³-hybridized carbons (Fsp3) is 0. The number of halogens is 1. The van der Waals surface area contributed by atoms with Gasteiger partial charge in [0.2, 0.25) is 0 Å². The summed E-state index contributed by atoms with van der Waals surface area (Å²) < 4.78 is 183. The van der Waals surface area contributed by atoms with Crippen LogP contribution in [0.3, 0.4) is 0 Å². The van der Waals surface area contributed by atoms with Gasteiger partial charge < -0.3 is 20.0 Å². The van der Waals surface area contributed by atoms with E-state index in [0.29, 0.717) is 0 Å². The first kappa shape index (κ1) is 93.5. The van der Waals surface area contributed by atoms with E-state index in [1.807, 2.05) is 0 Å². The average Bonchev–Trinajstić information content (AvgIpc) is 2.92. The summed E-state index contributed by atoms with van der Waals surface area (Å²) in [5.74, 6) is 0. The Hall–Kier alpha value is 9.67. The van der Waals surface area contributed by atoms with E-state index >= 15 is 0 Å². The normalized spacial score (nSPS) is 8.02. The summed E-state index contributed by atoms with van der Waals surface area (Å²) in [4.78, 5) is 9.80. The monoisotopic (exact) mass is 987 g/mol. The second kappa shape index (κ2) is 104. The van der Waals surface area contributed by atoms with E-state index in [-0.39, 0.29) is 372 Å². The van der Waals surface area contributed by atoms with Gasteiger partial charge in [0.1, 0.15) is 0 Å². The van der Waals surface area contributed by atoms with Crippen LogP contribution in [0.2, 0.25) is 0 Å². The Bertz CT molecular complexity index is 766. The van der Waals surface area contributed by atoms with Crippen LogP contribution in [0, 0.1) is 0 Å². The van der Waals surface area contributed by atoms with Crippen LogP contribution in [0.5, 0.6) is 0 Å². The Morgan fingerprint density at radius 3 is 0.762 bits per heavy atom. The fourth-order valence-corrected chi connectivity index (χ4v) is 2.09. The van der Waals surface area contributed by atoms with Crippen LogP contribution in [0.4, 0.5) is 8.99 Å². The predicted molar refractivity (Wildman–Crippen MR) is 119 cm³/mol. The van der Waals surface area contributed by atoms with Crippen LogP contribution in [0.25, 0.3) is 0 Å². The van der Waals surface area contributed by atoms with Crippen LogP contribution in [-0.2, 0) is 71.7 Å². The molecule has 0 saturated carbocycles. The number of phosphoric ester groups is 1. The van der Waals surface area contributed by atoms with Crippen molar-refractivity contribution in [1.29, 1.82) is 0 Å². The van der Waals surface area contributed by atoms with Crippen molar-refractivity contribution >= 4 is 406 Å². The van der Waals surface area contributed by atoms with Gasteiger partial charge in [-0.25, -0.2) is 36.7 Å². The zero-order valence-corrected chi connectivity index (χ0v) is 47.0. The van der Waals surface area contributed by atoms with E-state index in [1.165, 1.54) is 0 Å². The molecule has 0 bridgehead atoms. The summed E-state index contributed by atoms with van der Waals surface area (Å²) in [5.41, 5.74) is 0. The zero-order valence-electron chi connectivity index (χ0n) is 20.5. The molecule has 0 amide bonds. The second-order valence-corrected chi connectivity index (χ2v) is 6.26. The van der Waals surface area contributed by atoms with Gasteiger partial charge >= 0.3 is 419 Å². The molecular formula is CH2Ca10FO25P5. The molecule has 1 aliphatic heterocycles. The van der Waals surface area contributed by atoms with E-state index in [9.17, 15) is 40.9 Å². The summed E-state index contributed by atoms with van der Waals surface area (Å²) in [6.45, 7) is 0. The van der Waals surface area contributed by atoms with Crippen LogP contribution < -0.4 is 0 Å². The third-order valence-electron chi connectivity index (χ3n) is 0.673. The first-order chi connectivity index (χ1) is 18.4. The quantitative estimate of drug-likeness (QED) is 0.225. The van der Waals surface area contributed by atoms with Gasteiger partial charge in [0.25, 0.3) is 0 Å². The predicted octanol–water partition coefficient (Wildman–Crippen LogP) is -1.64. The Morgan fingerprint density at radius 2 is 0.690 bits per heavy atom. The number of rotatable bonds is 4. The van der Waals surface area contributed by atoms with Gasteiger partial charge in [-0.05, 0) is 0 Å². The molecule has 0 aliphatic carbocycles. The van der Waals surface area contributed by atoms with Crippen molar-refractivity contribution in [1.82, 2.24) is 0 Å². The van der Waals surface area contributed by atoms with Gasteiger partial charge in [-0.3, -0.25) is 0 Å². The van der Waals surface area contributed by atoms with Gasteiger partial charge in [-0.2, -0.15) is 13.4 Å². The number of carbonyl (C=O) groups excluding carboxylic acids is 1. The molecule has 1 aliphatic rings. The molecule has 2 N–H and O–H groups in total. The molecule has 0 spiro atoms. The van der Waals surface area contributed by atoms with E-state index in [0.717, 1.165) is 0 Å². The molecule has 42 heavy (non-hydrogen) atoms. The van der Waals surface area contributed by atoms with Gasteiger partial charge in [0.15, 0.2) is 0 Å². The number of hydrogen-bond donors (Lipinski definition) is 0. The van der Waals surface area contributed by atoms with Crippen molar-refractivity contribution in [3.8, 4) is 0 Å². The maximum absolute atomic E-state index is 10.4.